The summed E-state index contributed by atoms with van der Waals surface area (Å²) < 4.78 is 0. The van der Waals surface area contributed by atoms with Gasteiger partial charge in [-0.3, -0.25) is 4.79 Å². The first kappa shape index (κ1) is 14.8. The highest BCUT2D eigenvalue weighted by molar-refractivity contribution is 5.82. The Labute approximate surface area is 123 Å². The van der Waals surface area contributed by atoms with E-state index < -0.39 is 12.0 Å². The minimum atomic E-state index is -1.02. The first-order valence-corrected chi connectivity index (χ1v) is 6.70. The fourth-order valence-corrected chi connectivity index (χ4v) is 1.97. The average molecular weight is 283 g/mol. The molecule has 108 valence electrons. The van der Waals surface area contributed by atoms with Crippen molar-refractivity contribution in [3.63, 3.8) is 0 Å². The number of hydrogen-bond donors (Lipinski definition) is 2. The molecule has 0 saturated heterocycles. The van der Waals surface area contributed by atoms with Gasteiger partial charge in [0.25, 0.3) is 0 Å². The van der Waals surface area contributed by atoms with E-state index in [0.717, 1.165) is 5.56 Å². The number of carboxylic acid groups (broad SMARTS) is 1. The normalized spacial score (nSPS) is 11.7. The van der Waals surface area contributed by atoms with Crippen LogP contribution in [0.5, 0.6) is 0 Å². The predicted octanol–water partition coefficient (Wildman–Crippen LogP) is 2.49. The van der Waals surface area contributed by atoms with Gasteiger partial charge < -0.3 is 10.4 Å². The summed E-state index contributed by atoms with van der Waals surface area (Å²) in [4.78, 5) is 21.6. The van der Waals surface area contributed by atoms with Gasteiger partial charge in [-0.05, 0) is 22.8 Å². The minimum absolute atomic E-state index is 0.301. The number of carbonyl (C=O) groups excluding carboxylic acids is 1. The van der Waals surface area contributed by atoms with Crippen molar-refractivity contribution in [1.29, 1.82) is 0 Å². The molecule has 2 aliphatic rings. The first-order chi connectivity index (χ1) is 10.1. The summed E-state index contributed by atoms with van der Waals surface area (Å²) in [6.45, 7) is 1.31. The monoisotopic (exact) mass is 283 g/mol. The molecule has 3 rings (SSSR count). The number of carbonyl (C=O) groups is 2. The van der Waals surface area contributed by atoms with Crippen molar-refractivity contribution in [3.8, 4) is 11.1 Å². The van der Waals surface area contributed by atoms with E-state index in [9.17, 15) is 9.59 Å². The molecular weight excluding hydrogens is 266 g/mol. The summed E-state index contributed by atoms with van der Waals surface area (Å²) in [5.41, 5.74) is 3.74. The van der Waals surface area contributed by atoms with E-state index in [1.165, 1.54) is 18.1 Å². The van der Waals surface area contributed by atoms with Crippen LogP contribution in [0.3, 0.4) is 0 Å². The maximum atomic E-state index is 10.8. The van der Waals surface area contributed by atoms with Crippen molar-refractivity contribution in [3.05, 3.63) is 60.2 Å². The molecule has 1 amide bonds. The standard InChI is InChI=1S/C11H13NO3.C6H4/c1-8(13)12-10(11(14)15)7-9-5-3-2-4-6-9;1-2-5-4-6(5)3-1/h2-6,10H,7H2,1H3,(H,12,13)(H,14,15);1-4H. The molecule has 4 nitrogen and oxygen atoms in total. The lowest BCUT2D eigenvalue weighted by Crippen LogP contribution is -2.41. The number of carboxylic acids is 1. The van der Waals surface area contributed by atoms with E-state index in [2.05, 4.69) is 29.6 Å². The van der Waals surface area contributed by atoms with E-state index in [1.54, 1.807) is 0 Å². The summed E-state index contributed by atoms with van der Waals surface area (Å²) in [7, 11) is 0. The Hall–Kier alpha value is -2.62. The van der Waals surface area contributed by atoms with Gasteiger partial charge in [0.2, 0.25) is 5.91 Å². The largest absolute Gasteiger partial charge is 0.480 e. The topological polar surface area (TPSA) is 66.4 Å². The maximum Gasteiger partial charge on any atom is 0.326 e. The van der Waals surface area contributed by atoms with E-state index >= 15 is 0 Å². The molecule has 21 heavy (non-hydrogen) atoms. The highest BCUT2D eigenvalue weighted by atomic mass is 16.4. The molecule has 0 spiro atoms. The Balaban J connectivity index is 0.000000218. The summed E-state index contributed by atoms with van der Waals surface area (Å²) in [6, 6.07) is 16.8. The maximum absolute atomic E-state index is 10.8. The molecule has 0 aliphatic heterocycles. The summed E-state index contributed by atoms with van der Waals surface area (Å²) in [6.07, 6.45) is 0.301. The van der Waals surface area contributed by atoms with Gasteiger partial charge in [0.15, 0.2) is 0 Å². The lowest BCUT2D eigenvalue weighted by molar-refractivity contribution is -0.141. The zero-order chi connectivity index (χ0) is 15.2. The molecule has 0 aromatic heterocycles. The van der Waals surface area contributed by atoms with Gasteiger partial charge in [-0.15, -0.1) is 0 Å². The first-order valence-electron chi connectivity index (χ1n) is 6.70. The van der Waals surface area contributed by atoms with Crippen molar-refractivity contribution in [1.82, 2.24) is 5.32 Å². The van der Waals surface area contributed by atoms with Crippen LogP contribution < -0.4 is 5.32 Å². The number of hydrogen-bond acceptors (Lipinski definition) is 2. The van der Waals surface area contributed by atoms with E-state index in [-0.39, 0.29) is 5.91 Å². The van der Waals surface area contributed by atoms with Crippen molar-refractivity contribution in [2.75, 3.05) is 0 Å². The van der Waals surface area contributed by atoms with Crippen LogP contribution in [0.25, 0.3) is 11.1 Å². The van der Waals surface area contributed by atoms with Gasteiger partial charge in [-0.2, -0.15) is 0 Å². The molecule has 1 aromatic carbocycles. The van der Waals surface area contributed by atoms with Crippen LogP contribution in [0.4, 0.5) is 0 Å². The summed E-state index contributed by atoms with van der Waals surface area (Å²) >= 11 is 0. The van der Waals surface area contributed by atoms with Gasteiger partial charge in [-0.25, -0.2) is 4.79 Å². The molecule has 4 heteroatoms. The Bertz CT molecular complexity index is 620. The van der Waals surface area contributed by atoms with Gasteiger partial charge in [-0.1, -0.05) is 48.5 Å². The van der Waals surface area contributed by atoms with Crippen LogP contribution in [0, 0.1) is 0 Å². The second kappa shape index (κ2) is 6.70. The number of rotatable bonds is 4. The number of amides is 1. The zero-order valence-electron chi connectivity index (χ0n) is 11.7. The van der Waals surface area contributed by atoms with E-state index in [0.29, 0.717) is 6.42 Å². The second-order valence-electron chi connectivity index (χ2n) is 4.86. The molecule has 0 heterocycles. The van der Waals surface area contributed by atoms with E-state index in [1.807, 2.05) is 30.3 Å². The van der Waals surface area contributed by atoms with Crippen molar-refractivity contribution >= 4 is 11.9 Å². The van der Waals surface area contributed by atoms with Crippen LogP contribution >= 0.6 is 0 Å². The summed E-state index contributed by atoms with van der Waals surface area (Å²) in [5.74, 6) is -1.35. The molecule has 2 N–H and O–H groups in total. The van der Waals surface area contributed by atoms with Gasteiger partial charge in [0, 0.05) is 13.3 Å². The number of nitrogens with one attached hydrogen (secondary N) is 1. The van der Waals surface area contributed by atoms with Gasteiger partial charge in [0.1, 0.15) is 6.04 Å². The van der Waals surface area contributed by atoms with Crippen LogP contribution in [0.2, 0.25) is 0 Å². The molecule has 1 unspecified atom stereocenters. The van der Waals surface area contributed by atoms with Crippen LogP contribution in [0.1, 0.15) is 12.5 Å². The Morgan fingerprint density at radius 1 is 1.05 bits per heavy atom. The second-order valence-corrected chi connectivity index (χ2v) is 4.86. The Morgan fingerprint density at radius 2 is 1.67 bits per heavy atom. The number of aliphatic carboxylic acids is 1. The molecule has 1 atom stereocenters. The van der Waals surface area contributed by atoms with Gasteiger partial charge >= 0.3 is 5.97 Å². The van der Waals surface area contributed by atoms with Crippen LogP contribution in [-0.2, 0) is 16.0 Å². The molecule has 0 bridgehead atoms. The Kier molecular flexibility index (Phi) is 4.72. The summed E-state index contributed by atoms with van der Waals surface area (Å²) in [5, 5.41) is 11.3. The third-order valence-electron chi connectivity index (χ3n) is 3.07. The minimum Gasteiger partial charge on any atom is -0.480 e. The average Bonchev–Trinajstić information content (AvgIpc) is 3.05. The lowest BCUT2D eigenvalue weighted by Gasteiger charge is -2.12. The third-order valence-corrected chi connectivity index (χ3v) is 3.07. The Morgan fingerprint density at radius 3 is 2.05 bits per heavy atom. The van der Waals surface area contributed by atoms with Crippen LogP contribution in [-0.4, -0.2) is 23.0 Å². The fourth-order valence-electron chi connectivity index (χ4n) is 1.97. The quantitative estimate of drug-likeness (QED) is 0.773. The van der Waals surface area contributed by atoms with Crippen molar-refractivity contribution in [2.24, 2.45) is 0 Å². The molecule has 1 aromatic rings. The molecule has 0 fully saturated rings. The SMILES string of the molecule is CC(=O)NC(Cc1ccccc1)C(=O)O.c1cc2cc-2c1. The molecule has 0 radical (unpaired) electrons. The number of benzene rings is 2. The van der Waals surface area contributed by atoms with Gasteiger partial charge in [0.05, 0.1) is 0 Å². The zero-order valence-corrected chi connectivity index (χ0v) is 11.7. The van der Waals surface area contributed by atoms with Crippen molar-refractivity contribution in [2.45, 2.75) is 19.4 Å². The highest BCUT2D eigenvalue weighted by Gasteiger charge is 2.18. The van der Waals surface area contributed by atoms with Crippen LogP contribution in [0.15, 0.2) is 54.6 Å². The van der Waals surface area contributed by atoms with Crippen molar-refractivity contribution < 1.29 is 14.7 Å². The molecular formula is C17H17NO3. The van der Waals surface area contributed by atoms with E-state index in [4.69, 9.17) is 5.11 Å². The number of fused-ring (bicyclic) bond motifs is 1. The lowest BCUT2D eigenvalue weighted by atomic mass is 10.1. The fraction of sp³-hybridized carbons (Fsp3) is 0.176. The third kappa shape index (κ3) is 4.76. The predicted molar refractivity (Wildman–Crippen MR) is 80.8 cm³/mol. The highest BCUT2D eigenvalue weighted by Crippen LogP contribution is 2.32. The molecule has 2 aliphatic carbocycles. The smallest absolute Gasteiger partial charge is 0.326 e. The molecule has 0 saturated carbocycles.